The minimum atomic E-state index is -0.147. The standard InChI is InChI=1S/C16H19N3O2/c1-2-18-15(11-6-5-9-19-16(11)17)14-10-20-12-7-3-4-8-13(12)21-14/h3-9,14-15,18H,2,10H2,1H3,(H2,17,19). The Balaban J connectivity index is 1.88. The maximum Gasteiger partial charge on any atom is 0.161 e. The van der Waals surface area contributed by atoms with Gasteiger partial charge in [0.2, 0.25) is 0 Å². The van der Waals surface area contributed by atoms with E-state index >= 15 is 0 Å². The number of hydrogen-bond acceptors (Lipinski definition) is 5. The number of likely N-dealkylation sites (N-methyl/N-ethyl adjacent to an activating group) is 1. The lowest BCUT2D eigenvalue weighted by molar-refractivity contribution is 0.0622. The van der Waals surface area contributed by atoms with Crippen LogP contribution in [0.25, 0.3) is 0 Å². The van der Waals surface area contributed by atoms with Gasteiger partial charge in [0.15, 0.2) is 17.6 Å². The second kappa shape index (κ2) is 6.01. The molecule has 1 aliphatic heterocycles. The molecule has 5 heteroatoms. The molecule has 0 bridgehead atoms. The van der Waals surface area contributed by atoms with Gasteiger partial charge in [-0.3, -0.25) is 0 Å². The first-order valence-electron chi connectivity index (χ1n) is 7.12. The third kappa shape index (κ3) is 2.78. The Hall–Kier alpha value is -2.27. The van der Waals surface area contributed by atoms with Gasteiger partial charge in [-0.25, -0.2) is 4.98 Å². The minimum absolute atomic E-state index is 0.0583. The number of nitrogens with one attached hydrogen (secondary N) is 1. The van der Waals surface area contributed by atoms with E-state index in [1.807, 2.05) is 36.4 Å². The van der Waals surface area contributed by atoms with Crippen LogP contribution in [0.15, 0.2) is 42.6 Å². The van der Waals surface area contributed by atoms with Gasteiger partial charge in [-0.15, -0.1) is 0 Å². The molecule has 3 N–H and O–H groups in total. The summed E-state index contributed by atoms with van der Waals surface area (Å²) in [6.45, 7) is 3.33. The largest absolute Gasteiger partial charge is 0.486 e. The molecule has 0 radical (unpaired) electrons. The average molecular weight is 285 g/mol. The van der Waals surface area contributed by atoms with Crippen LogP contribution in [0.4, 0.5) is 5.82 Å². The van der Waals surface area contributed by atoms with Crippen molar-refractivity contribution >= 4 is 5.82 Å². The number of rotatable bonds is 4. The third-order valence-electron chi connectivity index (χ3n) is 3.53. The number of para-hydroxylation sites is 2. The molecule has 3 rings (SSSR count). The number of pyridine rings is 1. The zero-order valence-electron chi connectivity index (χ0n) is 12.0. The highest BCUT2D eigenvalue weighted by atomic mass is 16.6. The van der Waals surface area contributed by atoms with Crippen molar-refractivity contribution in [1.29, 1.82) is 0 Å². The molecule has 1 aliphatic rings. The molecule has 0 fully saturated rings. The predicted octanol–water partition coefficient (Wildman–Crippen LogP) is 2.15. The van der Waals surface area contributed by atoms with Crippen LogP contribution in [0.1, 0.15) is 18.5 Å². The van der Waals surface area contributed by atoms with Gasteiger partial charge in [-0.1, -0.05) is 25.1 Å². The van der Waals surface area contributed by atoms with Crippen LogP contribution in [0, 0.1) is 0 Å². The average Bonchev–Trinajstić information content (AvgIpc) is 2.53. The summed E-state index contributed by atoms with van der Waals surface area (Å²) in [6, 6.07) is 11.5. The number of nitrogens with two attached hydrogens (primary N) is 1. The van der Waals surface area contributed by atoms with Gasteiger partial charge in [0.05, 0.1) is 6.04 Å². The summed E-state index contributed by atoms with van der Waals surface area (Å²) in [4.78, 5) is 4.16. The molecule has 5 nitrogen and oxygen atoms in total. The van der Waals surface area contributed by atoms with Crippen LogP contribution < -0.4 is 20.5 Å². The molecule has 0 amide bonds. The highest BCUT2D eigenvalue weighted by Gasteiger charge is 2.30. The predicted molar refractivity (Wildman–Crippen MR) is 81.4 cm³/mol. The van der Waals surface area contributed by atoms with Gasteiger partial charge in [0.25, 0.3) is 0 Å². The summed E-state index contributed by atoms with van der Waals surface area (Å²) < 4.78 is 11.9. The fourth-order valence-corrected chi connectivity index (χ4v) is 2.55. The van der Waals surface area contributed by atoms with E-state index in [2.05, 4.69) is 17.2 Å². The quantitative estimate of drug-likeness (QED) is 0.901. The Morgan fingerprint density at radius 1 is 1.29 bits per heavy atom. The summed E-state index contributed by atoms with van der Waals surface area (Å²) in [6.07, 6.45) is 1.54. The molecule has 0 aliphatic carbocycles. The Morgan fingerprint density at radius 2 is 2.10 bits per heavy atom. The SMILES string of the molecule is CCNC(c1cccnc1N)C1COc2ccccc2O1. The Bertz CT molecular complexity index is 618. The minimum Gasteiger partial charge on any atom is -0.486 e. The Labute approximate surface area is 124 Å². The van der Waals surface area contributed by atoms with E-state index in [0.29, 0.717) is 12.4 Å². The lowest BCUT2D eigenvalue weighted by Gasteiger charge is -2.33. The van der Waals surface area contributed by atoms with Crippen molar-refractivity contribution in [1.82, 2.24) is 10.3 Å². The number of anilines is 1. The third-order valence-corrected chi connectivity index (χ3v) is 3.53. The van der Waals surface area contributed by atoms with Crippen molar-refractivity contribution in [2.24, 2.45) is 0 Å². The summed E-state index contributed by atoms with van der Waals surface area (Å²) in [5.74, 6) is 2.06. The number of aromatic nitrogens is 1. The maximum absolute atomic E-state index is 6.09. The lowest BCUT2D eigenvalue weighted by Crippen LogP contribution is -2.42. The first-order chi connectivity index (χ1) is 10.3. The number of fused-ring (bicyclic) bond motifs is 1. The van der Waals surface area contributed by atoms with Gasteiger partial charge < -0.3 is 20.5 Å². The molecule has 110 valence electrons. The van der Waals surface area contributed by atoms with Crippen molar-refractivity contribution in [3.05, 3.63) is 48.2 Å². The van der Waals surface area contributed by atoms with Gasteiger partial charge in [0, 0.05) is 11.8 Å². The van der Waals surface area contributed by atoms with Crippen LogP contribution in [0.3, 0.4) is 0 Å². The topological polar surface area (TPSA) is 69.4 Å². The van der Waals surface area contributed by atoms with Crippen molar-refractivity contribution < 1.29 is 9.47 Å². The normalized spacial score (nSPS) is 18.2. The van der Waals surface area contributed by atoms with E-state index in [0.717, 1.165) is 23.6 Å². The molecule has 1 aromatic carbocycles. The zero-order valence-corrected chi connectivity index (χ0v) is 12.0. The molecule has 21 heavy (non-hydrogen) atoms. The molecule has 2 atom stereocenters. The molecule has 1 aromatic heterocycles. The van der Waals surface area contributed by atoms with Crippen LogP contribution in [0.2, 0.25) is 0 Å². The fraction of sp³-hybridized carbons (Fsp3) is 0.312. The molecule has 2 unspecified atom stereocenters. The summed E-state index contributed by atoms with van der Waals surface area (Å²) in [7, 11) is 0. The van der Waals surface area contributed by atoms with Crippen molar-refractivity contribution in [3.63, 3.8) is 0 Å². The van der Waals surface area contributed by atoms with Crippen LogP contribution in [0.5, 0.6) is 11.5 Å². The van der Waals surface area contributed by atoms with E-state index in [-0.39, 0.29) is 12.1 Å². The molecule has 0 saturated carbocycles. The van der Waals surface area contributed by atoms with Gasteiger partial charge in [0.1, 0.15) is 12.4 Å². The van der Waals surface area contributed by atoms with Crippen molar-refractivity contribution in [2.75, 3.05) is 18.9 Å². The van der Waals surface area contributed by atoms with E-state index in [9.17, 15) is 0 Å². The van der Waals surface area contributed by atoms with Gasteiger partial charge in [-0.2, -0.15) is 0 Å². The van der Waals surface area contributed by atoms with Crippen LogP contribution >= 0.6 is 0 Å². The molecule has 0 saturated heterocycles. The monoisotopic (exact) mass is 285 g/mol. The highest BCUT2D eigenvalue weighted by Crippen LogP contribution is 2.35. The summed E-state index contributed by atoms with van der Waals surface area (Å²) >= 11 is 0. The number of hydrogen-bond donors (Lipinski definition) is 2. The van der Waals surface area contributed by atoms with Crippen LogP contribution in [-0.2, 0) is 0 Å². The second-order valence-corrected chi connectivity index (χ2v) is 4.93. The summed E-state index contributed by atoms with van der Waals surface area (Å²) in [5.41, 5.74) is 6.94. The second-order valence-electron chi connectivity index (χ2n) is 4.93. The van der Waals surface area contributed by atoms with Gasteiger partial charge >= 0.3 is 0 Å². The number of benzene rings is 1. The van der Waals surface area contributed by atoms with E-state index in [1.54, 1.807) is 6.20 Å². The molecule has 2 heterocycles. The molecular weight excluding hydrogens is 266 g/mol. The maximum atomic E-state index is 6.09. The number of ether oxygens (including phenoxy) is 2. The number of nitrogen functional groups attached to an aromatic ring is 1. The lowest BCUT2D eigenvalue weighted by atomic mass is 10.0. The van der Waals surface area contributed by atoms with Gasteiger partial charge in [-0.05, 0) is 24.7 Å². The Kier molecular flexibility index (Phi) is 3.92. The first kappa shape index (κ1) is 13.7. The van der Waals surface area contributed by atoms with E-state index in [4.69, 9.17) is 15.2 Å². The first-order valence-corrected chi connectivity index (χ1v) is 7.12. The fourth-order valence-electron chi connectivity index (χ4n) is 2.55. The highest BCUT2D eigenvalue weighted by molar-refractivity contribution is 5.44. The van der Waals surface area contributed by atoms with Crippen LogP contribution in [-0.4, -0.2) is 24.2 Å². The van der Waals surface area contributed by atoms with Crippen molar-refractivity contribution in [2.45, 2.75) is 19.1 Å². The van der Waals surface area contributed by atoms with E-state index < -0.39 is 0 Å². The molecule has 2 aromatic rings. The van der Waals surface area contributed by atoms with E-state index in [1.165, 1.54) is 0 Å². The zero-order chi connectivity index (χ0) is 14.7. The number of nitrogens with zero attached hydrogens (tertiary/aromatic N) is 1. The smallest absolute Gasteiger partial charge is 0.161 e. The molecule has 0 spiro atoms. The molecular formula is C16H19N3O2. The summed E-state index contributed by atoms with van der Waals surface area (Å²) in [5, 5.41) is 3.42. The Morgan fingerprint density at radius 3 is 2.86 bits per heavy atom. The van der Waals surface area contributed by atoms with Crippen molar-refractivity contribution in [3.8, 4) is 11.5 Å².